The van der Waals surface area contributed by atoms with Crippen molar-refractivity contribution < 1.29 is 18.5 Å². The van der Waals surface area contributed by atoms with E-state index in [4.69, 9.17) is 13.7 Å². The van der Waals surface area contributed by atoms with Crippen LogP contribution in [0, 0.1) is 13.8 Å². The number of hydrogen-bond acceptors (Lipinski definition) is 8. The van der Waals surface area contributed by atoms with Crippen LogP contribution in [0.5, 0.6) is 0 Å². The minimum atomic E-state index is -0.159. The van der Waals surface area contributed by atoms with Gasteiger partial charge in [0, 0.05) is 37.7 Å². The number of hydrogen-bond donors (Lipinski definition) is 1. The molecular weight excluding hydrogens is 416 g/mol. The predicted octanol–water partition coefficient (Wildman–Crippen LogP) is 3.38. The van der Waals surface area contributed by atoms with Gasteiger partial charge in [0.25, 0.3) is 5.91 Å². The summed E-state index contributed by atoms with van der Waals surface area (Å²) in [6.07, 6.45) is 1.69. The van der Waals surface area contributed by atoms with Crippen molar-refractivity contribution >= 4 is 17.7 Å². The molecule has 4 rings (SSSR count). The van der Waals surface area contributed by atoms with Gasteiger partial charge in [-0.3, -0.25) is 9.69 Å². The average molecular weight is 443 g/mol. The number of ether oxygens (including phenoxy) is 1. The molecule has 164 valence electrons. The fourth-order valence-corrected chi connectivity index (χ4v) is 4.40. The Morgan fingerprint density at radius 1 is 1.23 bits per heavy atom. The molecule has 0 radical (unpaired) electrons. The summed E-state index contributed by atoms with van der Waals surface area (Å²) in [7, 11) is 0. The highest BCUT2D eigenvalue weighted by Gasteiger charge is 2.26. The van der Waals surface area contributed by atoms with Gasteiger partial charge in [-0.1, -0.05) is 16.9 Å². The number of aromatic nitrogens is 2. The zero-order chi connectivity index (χ0) is 21.6. The maximum Gasteiger partial charge on any atom is 0.254 e. The second kappa shape index (κ2) is 10.1. The lowest BCUT2D eigenvalue weighted by Crippen LogP contribution is -2.43. The molecule has 1 atom stereocenters. The fourth-order valence-electron chi connectivity index (χ4n) is 3.52. The summed E-state index contributed by atoms with van der Waals surface area (Å²) in [6.45, 7) is 7.16. The molecule has 3 aromatic heterocycles. The van der Waals surface area contributed by atoms with Crippen LogP contribution in [0.15, 0.2) is 50.5 Å². The van der Waals surface area contributed by atoms with Crippen LogP contribution in [0.3, 0.4) is 0 Å². The molecule has 8 nitrogen and oxygen atoms in total. The molecule has 0 saturated carbocycles. The van der Waals surface area contributed by atoms with Crippen molar-refractivity contribution in [3.05, 3.63) is 65.1 Å². The number of thioether (sulfide) groups is 1. The summed E-state index contributed by atoms with van der Waals surface area (Å²) >= 11 is 1.46. The third kappa shape index (κ3) is 5.55. The molecule has 1 fully saturated rings. The van der Waals surface area contributed by atoms with Crippen LogP contribution in [0.4, 0.5) is 0 Å². The molecule has 0 bridgehead atoms. The van der Waals surface area contributed by atoms with E-state index in [9.17, 15) is 4.79 Å². The van der Waals surface area contributed by atoms with Crippen molar-refractivity contribution in [2.75, 3.05) is 32.8 Å². The number of morpholine rings is 1. The smallest absolute Gasteiger partial charge is 0.254 e. The summed E-state index contributed by atoms with van der Waals surface area (Å²) in [5, 5.41) is 7.74. The van der Waals surface area contributed by atoms with Gasteiger partial charge in [-0.25, -0.2) is 4.98 Å². The lowest BCUT2D eigenvalue weighted by molar-refractivity contribution is 0.0117. The number of aryl methyl sites for hydroxylation is 2. The van der Waals surface area contributed by atoms with Crippen LogP contribution in [-0.4, -0.2) is 53.8 Å². The highest BCUT2D eigenvalue weighted by atomic mass is 32.2. The molecule has 3 aromatic rings. The average Bonchev–Trinajstić information content (AvgIpc) is 3.41. The van der Waals surface area contributed by atoms with Crippen molar-refractivity contribution in [2.24, 2.45) is 0 Å². The van der Waals surface area contributed by atoms with Gasteiger partial charge in [-0.2, -0.15) is 0 Å². The highest BCUT2D eigenvalue weighted by molar-refractivity contribution is 7.98. The van der Waals surface area contributed by atoms with Gasteiger partial charge in [0.1, 0.15) is 22.3 Å². The Balaban J connectivity index is 1.44. The van der Waals surface area contributed by atoms with Crippen LogP contribution in [0.1, 0.15) is 39.4 Å². The molecular formula is C22H26N4O4S. The van der Waals surface area contributed by atoms with Gasteiger partial charge >= 0.3 is 0 Å². The van der Waals surface area contributed by atoms with Crippen LogP contribution >= 0.6 is 11.8 Å². The molecule has 0 aliphatic carbocycles. The molecule has 9 heteroatoms. The normalized spacial score (nSPS) is 15.7. The molecule has 1 saturated heterocycles. The molecule has 0 aromatic carbocycles. The van der Waals surface area contributed by atoms with E-state index in [-0.39, 0.29) is 11.9 Å². The van der Waals surface area contributed by atoms with E-state index in [2.05, 4.69) is 20.4 Å². The highest BCUT2D eigenvalue weighted by Crippen LogP contribution is 2.26. The van der Waals surface area contributed by atoms with E-state index >= 15 is 0 Å². The zero-order valence-electron chi connectivity index (χ0n) is 17.7. The van der Waals surface area contributed by atoms with Crippen molar-refractivity contribution in [2.45, 2.75) is 30.7 Å². The van der Waals surface area contributed by atoms with E-state index in [0.717, 1.165) is 36.1 Å². The number of furan rings is 1. The molecule has 1 N–H and O–H groups in total. The Bertz CT molecular complexity index is 1010. The number of nitrogens with zero attached hydrogens (tertiary/aromatic N) is 3. The topological polar surface area (TPSA) is 93.6 Å². The van der Waals surface area contributed by atoms with Crippen molar-refractivity contribution in [1.29, 1.82) is 0 Å². The van der Waals surface area contributed by atoms with Crippen molar-refractivity contribution in [1.82, 2.24) is 20.4 Å². The zero-order valence-corrected chi connectivity index (χ0v) is 18.5. The minimum Gasteiger partial charge on any atom is -0.465 e. The summed E-state index contributed by atoms with van der Waals surface area (Å²) in [5.74, 6) is 2.89. The summed E-state index contributed by atoms with van der Waals surface area (Å²) in [4.78, 5) is 19.7. The number of rotatable bonds is 8. The van der Waals surface area contributed by atoms with E-state index in [1.165, 1.54) is 11.8 Å². The lowest BCUT2D eigenvalue weighted by atomic mass is 10.1. The van der Waals surface area contributed by atoms with Crippen LogP contribution in [0.25, 0.3) is 0 Å². The number of amides is 1. The Kier molecular flexibility index (Phi) is 7.06. The molecule has 1 aliphatic rings. The first-order valence-electron chi connectivity index (χ1n) is 10.3. The third-order valence-electron chi connectivity index (χ3n) is 5.08. The SMILES string of the molecule is Cc1cc(CSc2ncccc2C(=O)NCC(c2ccc(C)o2)N2CCOCC2)no1. The molecule has 1 aliphatic heterocycles. The van der Waals surface area contributed by atoms with E-state index < -0.39 is 0 Å². The Morgan fingerprint density at radius 3 is 2.77 bits per heavy atom. The summed E-state index contributed by atoms with van der Waals surface area (Å²) in [5.41, 5.74) is 1.36. The van der Waals surface area contributed by atoms with Gasteiger partial charge < -0.3 is 19.0 Å². The van der Waals surface area contributed by atoms with Gasteiger partial charge in [-0.05, 0) is 38.1 Å². The quantitative estimate of drug-likeness (QED) is 0.531. The minimum absolute atomic E-state index is 0.0487. The maximum atomic E-state index is 13.0. The number of nitrogens with one attached hydrogen (secondary N) is 1. The summed E-state index contributed by atoms with van der Waals surface area (Å²) in [6, 6.07) is 9.33. The van der Waals surface area contributed by atoms with Crippen LogP contribution in [-0.2, 0) is 10.5 Å². The van der Waals surface area contributed by atoms with Crippen LogP contribution in [0.2, 0.25) is 0 Å². The van der Waals surface area contributed by atoms with E-state index in [1.54, 1.807) is 18.3 Å². The molecule has 4 heterocycles. The van der Waals surface area contributed by atoms with Gasteiger partial charge in [0.2, 0.25) is 0 Å². The number of carbonyl (C=O) groups is 1. The fraction of sp³-hybridized carbons (Fsp3) is 0.409. The maximum absolute atomic E-state index is 13.0. The van der Waals surface area contributed by atoms with E-state index in [0.29, 0.717) is 36.1 Å². The predicted molar refractivity (Wildman–Crippen MR) is 116 cm³/mol. The van der Waals surface area contributed by atoms with Crippen LogP contribution < -0.4 is 5.32 Å². The molecule has 0 spiro atoms. The molecule has 1 unspecified atom stereocenters. The molecule has 31 heavy (non-hydrogen) atoms. The van der Waals surface area contributed by atoms with E-state index in [1.807, 2.05) is 32.0 Å². The second-order valence-corrected chi connectivity index (χ2v) is 8.36. The largest absolute Gasteiger partial charge is 0.465 e. The second-order valence-electron chi connectivity index (χ2n) is 7.40. The summed E-state index contributed by atoms with van der Waals surface area (Å²) < 4.78 is 16.5. The van der Waals surface area contributed by atoms with Gasteiger partial charge in [0.15, 0.2) is 0 Å². The Morgan fingerprint density at radius 2 is 2.06 bits per heavy atom. The monoisotopic (exact) mass is 442 g/mol. The first-order chi connectivity index (χ1) is 15.1. The standard InChI is InChI=1S/C22H26N4O4S/c1-15-5-6-20(29-15)19(26-8-10-28-11-9-26)13-24-21(27)18-4-3-7-23-22(18)31-14-17-12-16(2)30-25-17/h3-7,12,19H,8-11,13-14H2,1-2H3,(H,24,27). The van der Waals surface area contributed by atoms with Gasteiger partial charge in [-0.15, -0.1) is 0 Å². The lowest BCUT2D eigenvalue weighted by Gasteiger charge is -2.33. The van der Waals surface area contributed by atoms with Crippen molar-refractivity contribution in [3.8, 4) is 0 Å². The Labute approximate surface area is 185 Å². The Hall–Kier alpha value is -2.62. The molecule has 1 amide bonds. The third-order valence-corrected chi connectivity index (χ3v) is 6.12. The number of pyridine rings is 1. The van der Waals surface area contributed by atoms with Gasteiger partial charge in [0.05, 0.1) is 30.5 Å². The van der Waals surface area contributed by atoms with Crippen molar-refractivity contribution in [3.63, 3.8) is 0 Å². The first kappa shape index (κ1) is 21.6. The number of carbonyl (C=O) groups excluding carboxylic acids is 1. The first-order valence-corrected chi connectivity index (χ1v) is 11.2.